The second-order valence-electron chi connectivity index (χ2n) is 6.77. The van der Waals surface area contributed by atoms with Crippen LogP contribution in [0.3, 0.4) is 0 Å². The predicted octanol–water partition coefficient (Wildman–Crippen LogP) is 3.85. The Morgan fingerprint density at radius 2 is 2.12 bits per heavy atom. The van der Waals surface area contributed by atoms with Crippen LogP contribution in [0.1, 0.15) is 30.9 Å². The standard InChI is InChI=1S/C21H23FN2O2/c1-2-23-11-6-12-25-24-20-17-10-9-16(22)13-19(17)26-21(14-18(20)21)15-7-4-3-5-8-15/h3-5,7-10,13,18,23H,2,6,11-12,14H2,1H3. The normalized spacial score (nSPS) is 24.5. The van der Waals surface area contributed by atoms with Crippen molar-refractivity contribution in [3.05, 3.63) is 65.5 Å². The molecular weight excluding hydrogens is 331 g/mol. The van der Waals surface area contributed by atoms with Crippen LogP contribution in [0.5, 0.6) is 5.75 Å². The number of oxime groups is 1. The number of rotatable bonds is 7. The van der Waals surface area contributed by atoms with Crippen molar-refractivity contribution in [2.75, 3.05) is 19.7 Å². The van der Waals surface area contributed by atoms with E-state index in [2.05, 4.69) is 29.5 Å². The Kier molecular flexibility index (Phi) is 4.64. The van der Waals surface area contributed by atoms with Gasteiger partial charge in [-0.1, -0.05) is 42.4 Å². The summed E-state index contributed by atoms with van der Waals surface area (Å²) < 4.78 is 20.0. The van der Waals surface area contributed by atoms with Gasteiger partial charge in [-0.3, -0.25) is 0 Å². The smallest absolute Gasteiger partial charge is 0.143 e. The lowest BCUT2D eigenvalue weighted by Crippen LogP contribution is -2.28. The van der Waals surface area contributed by atoms with E-state index in [0.717, 1.165) is 42.8 Å². The molecule has 26 heavy (non-hydrogen) atoms. The molecule has 0 radical (unpaired) electrons. The molecule has 5 heteroatoms. The molecule has 1 heterocycles. The summed E-state index contributed by atoms with van der Waals surface area (Å²) in [5.74, 6) is 0.367. The summed E-state index contributed by atoms with van der Waals surface area (Å²) in [7, 11) is 0. The first kappa shape index (κ1) is 17.0. The van der Waals surface area contributed by atoms with Gasteiger partial charge < -0.3 is 14.9 Å². The number of nitrogens with one attached hydrogen (secondary N) is 1. The second-order valence-corrected chi connectivity index (χ2v) is 6.77. The van der Waals surface area contributed by atoms with E-state index < -0.39 is 5.60 Å². The number of benzene rings is 2. The van der Waals surface area contributed by atoms with Crippen LogP contribution in [0.15, 0.2) is 53.7 Å². The zero-order valence-electron chi connectivity index (χ0n) is 14.9. The Hall–Kier alpha value is -2.40. The molecule has 2 aromatic rings. The fraction of sp³-hybridized carbons (Fsp3) is 0.381. The van der Waals surface area contributed by atoms with Gasteiger partial charge in [-0.25, -0.2) is 4.39 Å². The first-order valence-corrected chi connectivity index (χ1v) is 9.19. The molecule has 1 aliphatic heterocycles. The van der Waals surface area contributed by atoms with Gasteiger partial charge in [0.05, 0.1) is 11.6 Å². The molecule has 0 aromatic heterocycles. The molecule has 1 fully saturated rings. The Bertz CT molecular complexity index is 809. The maximum absolute atomic E-state index is 13.8. The van der Waals surface area contributed by atoms with E-state index >= 15 is 0 Å². The van der Waals surface area contributed by atoms with Gasteiger partial charge in [-0.2, -0.15) is 0 Å². The summed E-state index contributed by atoms with van der Waals surface area (Å²) >= 11 is 0. The topological polar surface area (TPSA) is 42.8 Å². The van der Waals surface area contributed by atoms with Crippen molar-refractivity contribution >= 4 is 5.71 Å². The molecule has 2 aliphatic rings. The van der Waals surface area contributed by atoms with Gasteiger partial charge in [0.25, 0.3) is 0 Å². The molecule has 1 aliphatic carbocycles. The minimum atomic E-state index is -0.450. The largest absolute Gasteiger partial charge is 0.481 e. The van der Waals surface area contributed by atoms with Gasteiger partial charge in [-0.15, -0.1) is 0 Å². The van der Waals surface area contributed by atoms with Crippen LogP contribution in [0.4, 0.5) is 4.39 Å². The fourth-order valence-corrected chi connectivity index (χ4v) is 3.62. The molecule has 1 N–H and O–H groups in total. The van der Waals surface area contributed by atoms with Crippen LogP contribution in [-0.4, -0.2) is 25.4 Å². The minimum absolute atomic E-state index is 0.136. The molecule has 4 nitrogen and oxygen atoms in total. The van der Waals surface area contributed by atoms with Crippen LogP contribution in [-0.2, 0) is 10.4 Å². The van der Waals surface area contributed by atoms with E-state index in [1.54, 1.807) is 6.07 Å². The van der Waals surface area contributed by atoms with Crippen LogP contribution in [0, 0.1) is 11.7 Å². The van der Waals surface area contributed by atoms with Crippen LogP contribution < -0.4 is 10.1 Å². The zero-order chi connectivity index (χ0) is 18.0. The Morgan fingerprint density at radius 3 is 2.92 bits per heavy atom. The summed E-state index contributed by atoms with van der Waals surface area (Å²) in [5.41, 5.74) is 2.33. The maximum Gasteiger partial charge on any atom is 0.143 e. The lowest BCUT2D eigenvalue weighted by atomic mass is 9.95. The second kappa shape index (κ2) is 7.08. The molecule has 4 rings (SSSR count). The van der Waals surface area contributed by atoms with Crippen molar-refractivity contribution in [1.29, 1.82) is 0 Å². The van der Waals surface area contributed by atoms with E-state index in [0.29, 0.717) is 12.4 Å². The number of nitrogens with zero attached hydrogens (tertiary/aromatic N) is 1. The monoisotopic (exact) mass is 354 g/mol. The molecule has 1 saturated carbocycles. The highest BCUT2D eigenvalue weighted by molar-refractivity contribution is 6.08. The third kappa shape index (κ3) is 3.07. The first-order chi connectivity index (χ1) is 12.7. The Morgan fingerprint density at radius 1 is 1.27 bits per heavy atom. The number of hydrogen-bond acceptors (Lipinski definition) is 4. The highest BCUT2D eigenvalue weighted by Crippen LogP contribution is 2.60. The zero-order valence-corrected chi connectivity index (χ0v) is 14.9. The average molecular weight is 354 g/mol. The maximum atomic E-state index is 13.8. The van der Waals surface area contributed by atoms with Crippen molar-refractivity contribution in [3.63, 3.8) is 0 Å². The van der Waals surface area contributed by atoms with Crippen molar-refractivity contribution in [2.24, 2.45) is 11.1 Å². The molecule has 0 amide bonds. The SMILES string of the molecule is CCNCCCON=C1c2ccc(F)cc2OC2(c3ccccc3)CC12. The third-order valence-corrected chi connectivity index (χ3v) is 5.02. The first-order valence-electron chi connectivity index (χ1n) is 9.19. The van der Waals surface area contributed by atoms with Gasteiger partial charge in [0.1, 0.15) is 23.8 Å². The molecule has 2 aromatic carbocycles. The van der Waals surface area contributed by atoms with Gasteiger partial charge in [0, 0.05) is 18.1 Å². The van der Waals surface area contributed by atoms with Gasteiger partial charge in [0.15, 0.2) is 0 Å². The van der Waals surface area contributed by atoms with Crippen LogP contribution in [0.2, 0.25) is 0 Å². The highest BCUT2D eigenvalue weighted by Gasteiger charge is 2.64. The summed E-state index contributed by atoms with van der Waals surface area (Å²) in [6.07, 6.45) is 1.72. The Balaban J connectivity index is 1.59. The van der Waals surface area contributed by atoms with Crippen molar-refractivity contribution < 1.29 is 14.0 Å². The van der Waals surface area contributed by atoms with Gasteiger partial charge >= 0.3 is 0 Å². The molecule has 0 bridgehead atoms. The van der Waals surface area contributed by atoms with Gasteiger partial charge in [-0.05, 0) is 37.2 Å². The lowest BCUT2D eigenvalue weighted by molar-refractivity contribution is 0.134. The van der Waals surface area contributed by atoms with Crippen molar-refractivity contribution in [2.45, 2.75) is 25.4 Å². The highest BCUT2D eigenvalue weighted by atomic mass is 19.1. The molecule has 136 valence electrons. The molecule has 2 unspecified atom stereocenters. The van der Waals surface area contributed by atoms with Crippen LogP contribution in [0.25, 0.3) is 0 Å². The minimum Gasteiger partial charge on any atom is -0.481 e. The van der Waals surface area contributed by atoms with Crippen molar-refractivity contribution in [1.82, 2.24) is 5.32 Å². The van der Waals surface area contributed by atoms with E-state index in [-0.39, 0.29) is 11.7 Å². The lowest BCUT2D eigenvalue weighted by Gasteiger charge is -2.27. The molecular formula is C21H23FN2O2. The Labute approximate surface area is 153 Å². The number of fused-ring (bicyclic) bond motifs is 2. The van der Waals surface area contributed by atoms with Crippen molar-refractivity contribution in [3.8, 4) is 5.75 Å². The summed E-state index contributed by atoms with van der Waals surface area (Å²) in [6, 6.07) is 14.7. The van der Waals surface area contributed by atoms with E-state index in [4.69, 9.17) is 9.57 Å². The molecule has 0 spiro atoms. The third-order valence-electron chi connectivity index (χ3n) is 5.02. The van der Waals surface area contributed by atoms with E-state index in [9.17, 15) is 4.39 Å². The van der Waals surface area contributed by atoms with Gasteiger partial charge in [0.2, 0.25) is 0 Å². The average Bonchev–Trinajstić information content (AvgIpc) is 3.40. The van der Waals surface area contributed by atoms with E-state index in [1.165, 1.54) is 12.1 Å². The quantitative estimate of drug-likeness (QED) is 0.607. The fourth-order valence-electron chi connectivity index (χ4n) is 3.62. The molecule has 0 saturated heterocycles. The van der Waals surface area contributed by atoms with Crippen LogP contribution >= 0.6 is 0 Å². The van der Waals surface area contributed by atoms with E-state index in [1.807, 2.05) is 18.2 Å². The number of hydrogen-bond donors (Lipinski definition) is 1. The number of halogens is 1. The molecule has 2 atom stereocenters. The summed E-state index contributed by atoms with van der Waals surface area (Å²) in [4.78, 5) is 5.58. The predicted molar refractivity (Wildman–Crippen MR) is 98.9 cm³/mol. The summed E-state index contributed by atoms with van der Waals surface area (Å²) in [6.45, 7) is 4.49. The number of ether oxygens (including phenoxy) is 1. The summed E-state index contributed by atoms with van der Waals surface area (Å²) in [5, 5.41) is 7.69.